The van der Waals surface area contributed by atoms with Crippen LogP contribution >= 0.6 is 0 Å². The van der Waals surface area contributed by atoms with Crippen LogP contribution in [0.3, 0.4) is 0 Å². The molecule has 0 saturated heterocycles. The number of phenols is 1. The van der Waals surface area contributed by atoms with E-state index in [0.29, 0.717) is 6.54 Å². The summed E-state index contributed by atoms with van der Waals surface area (Å²) in [5.74, 6) is -0.672. The van der Waals surface area contributed by atoms with Gasteiger partial charge < -0.3 is 10.4 Å². The van der Waals surface area contributed by atoms with Crippen LogP contribution in [0.1, 0.15) is 36.5 Å². The van der Waals surface area contributed by atoms with Gasteiger partial charge >= 0.3 is 0 Å². The Morgan fingerprint density at radius 1 is 1.53 bits per heavy atom. The number of phenolic OH excluding ortho intramolecular Hbond substituents is 1. The summed E-state index contributed by atoms with van der Waals surface area (Å²) < 4.78 is 0. The largest absolute Gasteiger partial charge is 0.508 e. The zero-order valence-electron chi connectivity index (χ0n) is 10.7. The van der Waals surface area contributed by atoms with Crippen LogP contribution in [-0.2, 0) is 0 Å². The van der Waals surface area contributed by atoms with Crippen molar-refractivity contribution in [3.05, 3.63) is 33.9 Å². The average molecular weight is 264 g/mol. The summed E-state index contributed by atoms with van der Waals surface area (Å²) in [6.45, 7) is 2.59. The molecule has 0 unspecified atom stereocenters. The first-order valence-corrected chi connectivity index (χ1v) is 6.23. The Morgan fingerprint density at radius 3 is 2.74 bits per heavy atom. The molecule has 2 rings (SSSR count). The zero-order valence-corrected chi connectivity index (χ0v) is 10.7. The van der Waals surface area contributed by atoms with Gasteiger partial charge in [0.15, 0.2) is 0 Å². The lowest BCUT2D eigenvalue weighted by Crippen LogP contribution is -2.30. The molecule has 0 radical (unpaired) electrons. The fourth-order valence-corrected chi connectivity index (χ4v) is 2.06. The lowest BCUT2D eigenvalue weighted by atomic mass is 10.0. The highest BCUT2D eigenvalue weighted by Crippen LogP contribution is 2.47. The van der Waals surface area contributed by atoms with Gasteiger partial charge in [-0.25, -0.2) is 0 Å². The van der Waals surface area contributed by atoms with Crippen LogP contribution in [0, 0.1) is 15.5 Å². The summed E-state index contributed by atoms with van der Waals surface area (Å²) >= 11 is 0. The predicted octanol–water partition coefficient (Wildman–Crippen LogP) is 2.22. The number of carbonyl (C=O) groups excluding carboxylic acids is 1. The van der Waals surface area contributed by atoms with Gasteiger partial charge in [-0.2, -0.15) is 0 Å². The molecule has 0 bridgehead atoms. The number of benzene rings is 1. The van der Waals surface area contributed by atoms with E-state index in [0.717, 1.165) is 31.4 Å². The number of amides is 1. The Balaban J connectivity index is 2.14. The molecule has 1 aromatic rings. The summed E-state index contributed by atoms with van der Waals surface area (Å²) in [6, 6.07) is 3.46. The first kappa shape index (κ1) is 13.3. The maximum Gasteiger partial charge on any atom is 0.282 e. The maximum absolute atomic E-state index is 12.0. The van der Waals surface area contributed by atoms with Crippen LogP contribution in [0.5, 0.6) is 5.75 Å². The highest BCUT2D eigenvalue weighted by molar-refractivity contribution is 5.98. The van der Waals surface area contributed by atoms with E-state index in [9.17, 15) is 20.0 Å². The Labute approximate surface area is 110 Å². The third-order valence-electron chi connectivity index (χ3n) is 3.75. The Kier molecular flexibility index (Phi) is 3.42. The van der Waals surface area contributed by atoms with E-state index in [4.69, 9.17) is 0 Å². The topological polar surface area (TPSA) is 92.5 Å². The number of nitro groups is 1. The van der Waals surface area contributed by atoms with Crippen molar-refractivity contribution in [1.82, 2.24) is 5.32 Å². The van der Waals surface area contributed by atoms with Crippen molar-refractivity contribution >= 4 is 11.6 Å². The van der Waals surface area contributed by atoms with Crippen LogP contribution < -0.4 is 5.32 Å². The van der Waals surface area contributed by atoms with E-state index in [1.807, 2.05) is 0 Å². The van der Waals surface area contributed by atoms with E-state index in [1.165, 1.54) is 6.07 Å². The third-order valence-corrected chi connectivity index (χ3v) is 3.75. The molecule has 0 heterocycles. The first-order valence-electron chi connectivity index (χ1n) is 6.23. The van der Waals surface area contributed by atoms with Gasteiger partial charge in [-0.15, -0.1) is 0 Å². The van der Waals surface area contributed by atoms with Gasteiger partial charge in [-0.05, 0) is 36.8 Å². The van der Waals surface area contributed by atoms with Gasteiger partial charge in [0, 0.05) is 12.6 Å². The molecule has 6 nitrogen and oxygen atoms in total. The summed E-state index contributed by atoms with van der Waals surface area (Å²) in [6.07, 6.45) is 3.13. The average Bonchev–Trinajstić information content (AvgIpc) is 3.16. The van der Waals surface area contributed by atoms with Crippen molar-refractivity contribution in [2.75, 3.05) is 6.54 Å². The fraction of sp³-hybridized carbons (Fsp3) is 0.462. The van der Waals surface area contributed by atoms with Crippen molar-refractivity contribution in [3.8, 4) is 5.75 Å². The molecule has 0 aliphatic heterocycles. The molecule has 0 aromatic heterocycles. The second-order valence-corrected chi connectivity index (χ2v) is 4.99. The number of hydrogen-bond donors (Lipinski definition) is 2. The molecule has 1 aliphatic carbocycles. The van der Waals surface area contributed by atoms with Crippen LogP contribution in [-0.4, -0.2) is 22.5 Å². The lowest BCUT2D eigenvalue weighted by Gasteiger charge is -2.13. The predicted molar refractivity (Wildman–Crippen MR) is 69.1 cm³/mol. The maximum atomic E-state index is 12.0. The van der Waals surface area contributed by atoms with Gasteiger partial charge in [-0.1, -0.05) is 6.92 Å². The quantitative estimate of drug-likeness (QED) is 0.630. The van der Waals surface area contributed by atoms with Crippen LogP contribution in [0.15, 0.2) is 18.2 Å². The van der Waals surface area contributed by atoms with Crippen molar-refractivity contribution < 1.29 is 14.8 Å². The second kappa shape index (κ2) is 4.87. The van der Waals surface area contributed by atoms with Crippen LogP contribution in [0.2, 0.25) is 0 Å². The Bertz CT molecular complexity index is 523. The monoisotopic (exact) mass is 264 g/mol. The van der Waals surface area contributed by atoms with E-state index in [-0.39, 0.29) is 22.4 Å². The summed E-state index contributed by atoms with van der Waals surface area (Å²) in [4.78, 5) is 22.2. The summed E-state index contributed by atoms with van der Waals surface area (Å²) in [5, 5.41) is 22.9. The Hall–Kier alpha value is -2.11. The molecule has 0 spiro atoms. The van der Waals surface area contributed by atoms with E-state index < -0.39 is 10.8 Å². The van der Waals surface area contributed by atoms with Gasteiger partial charge in [-0.3, -0.25) is 14.9 Å². The number of nitrogens with one attached hydrogen (secondary N) is 1. The van der Waals surface area contributed by atoms with Crippen molar-refractivity contribution in [1.29, 1.82) is 0 Å². The molecule has 102 valence electrons. The van der Waals surface area contributed by atoms with Gasteiger partial charge in [0.2, 0.25) is 0 Å². The first-order chi connectivity index (χ1) is 8.97. The van der Waals surface area contributed by atoms with Gasteiger partial charge in [0.1, 0.15) is 11.3 Å². The SMILES string of the molecule is CCC1(CNC(=O)c2cc(O)ccc2[N+](=O)[O-])CC1. The number of carbonyl (C=O) groups is 1. The molecule has 6 heteroatoms. The normalized spacial score (nSPS) is 15.8. The number of nitrogens with zero attached hydrogens (tertiary/aromatic N) is 1. The fourth-order valence-electron chi connectivity index (χ4n) is 2.06. The third kappa shape index (κ3) is 2.83. The molecular formula is C13H16N2O4. The number of rotatable bonds is 5. The van der Waals surface area contributed by atoms with Crippen molar-refractivity contribution in [2.24, 2.45) is 5.41 Å². The Morgan fingerprint density at radius 2 is 2.21 bits per heavy atom. The van der Waals surface area contributed by atoms with E-state index >= 15 is 0 Å². The highest BCUT2D eigenvalue weighted by Gasteiger charge is 2.40. The molecular weight excluding hydrogens is 248 g/mol. The molecule has 2 N–H and O–H groups in total. The minimum absolute atomic E-state index is 0.100. The molecule has 19 heavy (non-hydrogen) atoms. The van der Waals surface area contributed by atoms with E-state index in [1.54, 1.807) is 0 Å². The van der Waals surface area contributed by atoms with Gasteiger partial charge in [0.05, 0.1) is 4.92 Å². The smallest absolute Gasteiger partial charge is 0.282 e. The van der Waals surface area contributed by atoms with Crippen molar-refractivity contribution in [2.45, 2.75) is 26.2 Å². The minimum atomic E-state index is -0.624. The van der Waals surface area contributed by atoms with Crippen LogP contribution in [0.4, 0.5) is 5.69 Å². The zero-order chi connectivity index (χ0) is 14.0. The summed E-state index contributed by atoms with van der Waals surface area (Å²) in [5.41, 5.74) is -0.227. The number of hydrogen-bond acceptors (Lipinski definition) is 4. The van der Waals surface area contributed by atoms with Crippen molar-refractivity contribution in [3.63, 3.8) is 0 Å². The lowest BCUT2D eigenvalue weighted by molar-refractivity contribution is -0.385. The standard InChI is InChI=1S/C13H16N2O4/c1-2-13(5-6-13)8-14-12(17)10-7-9(16)3-4-11(10)15(18)19/h3-4,7,16H,2,5-6,8H2,1H3,(H,14,17). The molecule has 1 amide bonds. The van der Waals surface area contributed by atoms with Crippen LogP contribution in [0.25, 0.3) is 0 Å². The number of aromatic hydroxyl groups is 1. The highest BCUT2D eigenvalue weighted by atomic mass is 16.6. The second-order valence-electron chi connectivity index (χ2n) is 4.99. The molecule has 1 aliphatic rings. The number of nitro benzene ring substituents is 1. The van der Waals surface area contributed by atoms with Gasteiger partial charge in [0.25, 0.3) is 11.6 Å². The molecule has 0 atom stereocenters. The molecule has 1 saturated carbocycles. The van der Waals surface area contributed by atoms with E-state index in [2.05, 4.69) is 12.2 Å². The molecule has 1 fully saturated rings. The molecule has 1 aromatic carbocycles. The minimum Gasteiger partial charge on any atom is -0.508 e. The summed E-state index contributed by atoms with van der Waals surface area (Å²) in [7, 11) is 0.